The summed E-state index contributed by atoms with van der Waals surface area (Å²) in [5, 5.41) is 0.951. The van der Waals surface area contributed by atoms with Gasteiger partial charge in [0.1, 0.15) is 5.82 Å². The summed E-state index contributed by atoms with van der Waals surface area (Å²) >= 11 is 12.3. The first-order chi connectivity index (χ1) is 9.69. The van der Waals surface area contributed by atoms with Gasteiger partial charge in [0, 0.05) is 13.1 Å². The number of halogens is 2. The number of nitrogens with zero attached hydrogens (tertiary/aromatic N) is 2. The molecule has 0 amide bonds. The molecule has 0 unspecified atom stereocenters. The molecular formula is C14H14Cl2N4. The van der Waals surface area contributed by atoms with Crippen molar-refractivity contribution in [1.82, 2.24) is 4.98 Å². The fraction of sp³-hybridized carbons (Fsp3) is 0.214. The number of rotatable bonds is 2. The van der Waals surface area contributed by atoms with Crippen LogP contribution in [0.4, 0.5) is 11.6 Å². The molecule has 1 aliphatic rings. The maximum Gasteiger partial charge on any atom is 0.161 e. The van der Waals surface area contributed by atoms with Crippen LogP contribution in [0.25, 0.3) is 0 Å². The molecule has 1 aliphatic heterocycles. The first kappa shape index (κ1) is 13.5. The van der Waals surface area contributed by atoms with E-state index in [9.17, 15) is 0 Å². The molecule has 0 bridgehead atoms. The number of nitrogens with two attached hydrogens (primary N) is 1. The minimum atomic E-state index is 0.415. The van der Waals surface area contributed by atoms with Crippen LogP contribution in [0.2, 0.25) is 10.0 Å². The van der Waals surface area contributed by atoms with E-state index < -0.39 is 0 Å². The highest BCUT2D eigenvalue weighted by atomic mass is 35.5. The highest BCUT2D eigenvalue weighted by Crippen LogP contribution is 2.33. The number of fused-ring (bicyclic) bond motifs is 1. The van der Waals surface area contributed by atoms with Gasteiger partial charge in [-0.05, 0) is 23.6 Å². The molecule has 4 nitrogen and oxygen atoms in total. The number of anilines is 2. The van der Waals surface area contributed by atoms with Crippen LogP contribution >= 0.6 is 23.2 Å². The number of benzene rings is 1. The standard InChI is InChI=1S/C14H14Cl2N4/c15-11-7-12(16)14(18-13(11)19-17)20-6-5-9-3-1-2-4-10(9)8-20/h1-4,7H,5-6,8,17H2,(H,18,19). The highest BCUT2D eigenvalue weighted by Gasteiger charge is 2.20. The molecule has 0 radical (unpaired) electrons. The van der Waals surface area contributed by atoms with E-state index >= 15 is 0 Å². The average molecular weight is 309 g/mol. The van der Waals surface area contributed by atoms with Gasteiger partial charge in [0.15, 0.2) is 5.82 Å². The van der Waals surface area contributed by atoms with Gasteiger partial charge >= 0.3 is 0 Å². The minimum absolute atomic E-state index is 0.415. The van der Waals surface area contributed by atoms with Crippen LogP contribution in [0, 0.1) is 0 Å². The van der Waals surface area contributed by atoms with Gasteiger partial charge in [-0.15, -0.1) is 0 Å². The maximum absolute atomic E-state index is 6.26. The Bertz CT molecular complexity index is 645. The molecule has 0 aliphatic carbocycles. The fourth-order valence-corrected chi connectivity index (χ4v) is 2.99. The Morgan fingerprint density at radius 3 is 2.65 bits per heavy atom. The Morgan fingerprint density at radius 1 is 1.15 bits per heavy atom. The summed E-state index contributed by atoms with van der Waals surface area (Å²) in [6.07, 6.45) is 0.974. The van der Waals surface area contributed by atoms with Crippen LogP contribution in [0.5, 0.6) is 0 Å². The van der Waals surface area contributed by atoms with Gasteiger partial charge < -0.3 is 10.3 Å². The van der Waals surface area contributed by atoms with Crippen molar-refractivity contribution in [2.75, 3.05) is 16.9 Å². The summed E-state index contributed by atoms with van der Waals surface area (Å²) in [4.78, 5) is 6.55. The Kier molecular flexibility index (Phi) is 3.70. The lowest BCUT2D eigenvalue weighted by Crippen LogP contribution is -2.31. The summed E-state index contributed by atoms with van der Waals surface area (Å²) in [5.74, 6) is 6.56. The first-order valence-electron chi connectivity index (χ1n) is 6.33. The molecule has 1 aromatic carbocycles. The number of aromatic nitrogens is 1. The lowest BCUT2D eigenvalue weighted by atomic mass is 10.00. The van der Waals surface area contributed by atoms with Crippen LogP contribution in [0.15, 0.2) is 30.3 Å². The van der Waals surface area contributed by atoms with E-state index in [0.717, 1.165) is 19.5 Å². The lowest BCUT2D eigenvalue weighted by Gasteiger charge is -2.30. The Morgan fingerprint density at radius 2 is 1.90 bits per heavy atom. The van der Waals surface area contributed by atoms with Crippen LogP contribution in [0.3, 0.4) is 0 Å². The third kappa shape index (κ3) is 2.42. The van der Waals surface area contributed by atoms with Crippen molar-refractivity contribution in [3.8, 4) is 0 Å². The van der Waals surface area contributed by atoms with Crippen molar-refractivity contribution < 1.29 is 0 Å². The molecule has 2 heterocycles. The molecule has 20 heavy (non-hydrogen) atoms. The normalized spacial score (nSPS) is 14.1. The van der Waals surface area contributed by atoms with Crippen molar-refractivity contribution in [3.63, 3.8) is 0 Å². The zero-order valence-electron chi connectivity index (χ0n) is 10.7. The van der Waals surface area contributed by atoms with Crippen LogP contribution < -0.4 is 16.2 Å². The van der Waals surface area contributed by atoms with E-state index in [-0.39, 0.29) is 0 Å². The third-order valence-electron chi connectivity index (χ3n) is 3.48. The number of hydrogen-bond acceptors (Lipinski definition) is 4. The molecule has 2 aromatic rings. The van der Waals surface area contributed by atoms with Gasteiger partial charge in [-0.3, -0.25) is 0 Å². The number of nitrogen functional groups attached to an aromatic ring is 1. The summed E-state index contributed by atoms with van der Waals surface area (Å²) in [6.45, 7) is 1.66. The molecule has 0 spiro atoms. The van der Waals surface area contributed by atoms with Gasteiger partial charge in [-0.2, -0.15) is 0 Å². The van der Waals surface area contributed by atoms with Gasteiger partial charge in [0.05, 0.1) is 10.0 Å². The van der Waals surface area contributed by atoms with E-state index in [1.165, 1.54) is 11.1 Å². The third-order valence-corrected chi connectivity index (χ3v) is 4.04. The summed E-state index contributed by atoms with van der Waals surface area (Å²) in [6, 6.07) is 10.1. The van der Waals surface area contributed by atoms with Crippen molar-refractivity contribution in [1.29, 1.82) is 0 Å². The SMILES string of the molecule is NNc1nc(N2CCc3ccccc3C2)c(Cl)cc1Cl. The second-order valence-corrected chi connectivity index (χ2v) is 5.52. The monoisotopic (exact) mass is 308 g/mol. The summed E-state index contributed by atoms with van der Waals surface area (Å²) in [5.41, 5.74) is 5.17. The molecular weight excluding hydrogens is 295 g/mol. The largest absolute Gasteiger partial charge is 0.351 e. The van der Waals surface area contributed by atoms with Crippen molar-refractivity contribution in [2.45, 2.75) is 13.0 Å². The van der Waals surface area contributed by atoms with Crippen molar-refractivity contribution in [3.05, 3.63) is 51.5 Å². The molecule has 0 atom stereocenters. The fourth-order valence-electron chi connectivity index (χ4n) is 2.46. The lowest BCUT2D eigenvalue weighted by molar-refractivity contribution is 0.721. The molecule has 104 valence electrons. The summed E-state index contributed by atoms with van der Waals surface area (Å²) in [7, 11) is 0. The Hall–Kier alpha value is -1.49. The van der Waals surface area contributed by atoms with E-state index in [1.54, 1.807) is 6.07 Å². The Labute approximate surface area is 127 Å². The van der Waals surface area contributed by atoms with Gasteiger partial charge in [0.25, 0.3) is 0 Å². The number of nitrogens with one attached hydrogen (secondary N) is 1. The van der Waals surface area contributed by atoms with Crippen LogP contribution in [-0.2, 0) is 13.0 Å². The zero-order chi connectivity index (χ0) is 14.1. The average Bonchev–Trinajstić information content (AvgIpc) is 2.47. The quantitative estimate of drug-likeness (QED) is 0.660. The van der Waals surface area contributed by atoms with Crippen molar-refractivity contribution >= 4 is 34.8 Å². The molecule has 0 saturated carbocycles. The maximum atomic E-state index is 6.26. The topological polar surface area (TPSA) is 54.2 Å². The van der Waals surface area contributed by atoms with Crippen LogP contribution in [-0.4, -0.2) is 11.5 Å². The first-order valence-corrected chi connectivity index (χ1v) is 7.09. The van der Waals surface area contributed by atoms with Gasteiger partial charge in [0.2, 0.25) is 0 Å². The van der Waals surface area contributed by atoms with Gasteiger partial charge in [-0.1, -0.05) is 47.5 Å². The predicted molar refractivity (Wildman–Crippen MR) is 83.3 cm³/mol. The van der Waals surface area contributed by atoms with E-state index in [1.807, 2.05) is 6.07 Å². The molecule has 1 aromatic heterocycles. The minimum Gasteiger partial charge on any atom is -0.351 e. The van der Waals surface area contributed by atoms with Crippen molar-refractivity contribution in [2.24, 2.45) is 5.84 Å². The number of hydrogen-bond donors (Lipinski definition) is 2. The molecule has 3 N–H and O–H groups in total. The zero-order valence-corrected chi connectivity index (χ0v) is 12.2. The summed E-state index contributed by atoms with van der Waals surface area (Å²) < 4.78 is 0. The molecule has 3 rings (SSSR count). The molecule has 6 heteroatoms. The molecule has 0 saturated heterocycles. The predicted octanol–water partition coefficient (Wildman–Crippen LogP) is 3.24. The van der Waals surface area contributed by atoms with E-state index in [2.05, 4.69) is 33.5 Å². The molecule has 0 fully saturated rings. The van der Waals surface area contributed by atoms with E-state index in [4.69, 9.17) is 29.0 Å². The second-order valence-electron chi connectivity index (χ2n) is 4.71. The van der Waals surface area contributed by atoms with Gasteiger partial charge in [-0.25, -0.2) is 10.8 Å². The number of hydrazine groups is 1. The van der Waals surface area contributed by atoms with Crippen LogP contribution in [0.1, 0.15) is 11.1 Å². The van der Waals surface area contributed by atoms with E-state index in [0.29, 0.717) is 21.7 Å². The Balaban J connectivity index is 1.95. The second kappa shape index (κ2) is 5.48. The smallest absolute Gasteiger partial charge is 0.161 e. The highest BCUT2D eigenvalue weighted by molar-refractivity contribution is 6.37. The number of pyridine rings is 1.